The summed E-state index contributed by atoms with van der Waals surface area (Å²) in [6, 6.07) is 5.49. The van der Waals surface area contributed by atoms with Gasteiger partial charge in [-0.05, 0) is 25.0 Å². The van der Waals surface area contributed by atoms with Crippen LogP contribution in [-0.4, -0.2) is 52.1 Å². The third-order valence-electron chi connectivity index (χ3n) is 5.18. The zero-order valence-corrected chi connectivity index (χ0v) is 15.2. The number of anilines is 2. The molecule has 9 nitrogen and oxygen atoms in total. The molecule has 1 aromatic carbocycles. The molecule has 2 N–H and O–H groups in total. The Hall–Kier alpha value is -3.36. The van der Waals surface area contributed by atoms with E-state index in [-0.39, 0.29) is 11.8 Å². The number of rotatable bonds is 3. The standard InChI is InChI=1S/C19H20N6O3/c26-19(24-13-1-2-14-15(9-13)28-8-7-27-14)12-3-5-25(6-4-12)18-16-17(21-10-20-16)22-11-23-18/h1-2,9-12H,3-8H2,(H,24,26)(H,20,21,22,23). The quantitative estimate of drug-likeness (QED) is 0.716. The number of imidazole rings is 1. The van der Waals surface area contributed by atoms with E-state index in [1.165, 1.54) is 6.33 Å². The molecule has 144 valence electrons. The van der Waals surface area contributed by atoms with Crippen molar-refractivity contribution in [1.82, 2.24) is 19.9 Å². The van der Waals surface area contributed by atoms with Gasteiger partial charge in [0, 0.05) is 30.8 Å². The number of hydrogen-bond acceptors (Lipinski definition) is 7. The first kappa shape index (κ1) is 16.8. The van der Waals surface area contributed by atoms with E-state index in [1.54, 1.807) is 6.33 Å². The van der Waals surface area contributed by atoms with E-state index >= 15 is 0 Å². The van der Waals surface area contributed by atoms with Crippen LogP contribution >= 0.6 is 0 Å². The van der Waals surface area contributed by atoms with Crippen LogP contribution in [0.1, 0.15) is 12.8 Å². The second-order valence-electron chi connectivity index (χ2n) is 6.91. The average molecular weight is 380 g/mol. The predicted molar refractivity (Wildman–Crippen MR) is 103 cm³/mol. The molecule has 0 saturated carbocycles. The van der Waals surface area contributed by atoms with Crippen LogP contribution in [-0.2, 0) is 4.79 Å². The maximum absolute atomic E-state index is 12.7. The number of ether oxygens (including phenoxy) is 2. The lowest BCUT2D eigenvalue weighted by molar-refractivity contribution is -0.120. The number of piperidine rings is 1. The lowest BCUT2D eigenvalue weighted by Crippen LogP contribution is -2.38. The van der Waals surface area contributed by atoms with E-state index in [0.717, 1.165) is 43.0 Å². The highest BCUT2D eigenvalue weighted by molar-refractivity contribution is 5.93. The SMILES string of the molecule is O=C(Nc1ccc2c(c1)OCCO2)C1CCN(c2ncnc3nc[nH]c23)CC1. The van der Waals surface area contributed by atoms with Crippen LogP contribution in [0.25, 0.3) is 11.2 Å². The third-order valence-corrected chi connectivity index (χ3v) is 5.18. The molecular weight excluding hydrogens is 360 g/mol. The maximum atomic E-state index is 12.7. The van der Waals surface area contributed by atoms with Gasteiger partial charge in [0.15, 0.2) is 23.0 Å². The normalized spacial score (nSPS) is 16.9. The van der Waals surface area contributed by atoms with Gasteiger partial charge in [-0.2, -0.15) is 0 Å². The molecule has 1 fully saturated rings. The third kappa shape index (κ3) is 3.08. The van der Waals surface area contributed by atoms with E-state index in [0.29, 0.717) is 30.4 Å². The molecule has 0 aliphatic carbocycles. The molecule has 1 amide bonds. The molecule has 28 heavy (non-hydrogen) atoms. The first-order valence-corrected chi connectivity index (χ1v) is 9.37. The van der Waals surface area contributed by atoms with E-state index in [4.69, 9.17) is 9.47 Å². The Morgan fingerprint density at radius 3 is 2.79 bits per heavy atom. The number of aromatic amines is 1. The zero-order valence-electron chi connectivity index (χ0n) is 15.2. The zero-order chi connectivity index (χ0) is 18.9. The van der Waals surface area contributed by atoms with Gasteiger partial charge in [0.25, 0.3) is 0 Å². The molecule has 0 radical (unpaired) electrons. The van der Waals surface area contributed by atoms with Crippen molar-refractivity contribution in [1.29, 1.82) is 0 Å². The molecule has 2 aliphatic heterocycles. The maximum Gasteiger partial charge on any atom is 0.227 e. The van der Waals surface area contributed by atoms with Crippen molar-refractivity contribution in [3.63, 3.8) is 0 Å². The summed E-state index contributed by atoms with van der Waals surface area (Å²) in [4.78, 5) is 30.7. The number of nitrogens with one attached hydrogen (secondary N) is 2. The van der Waals surface area contributed by atoms with Gasteiger partial charge in [-0.15, -0.1) is 0 Å². The average Bonchev–Trinajstić information content (AvgIpc) is 3.23. The molecule has 4 heterocycles. The second kappa shape index (κ2) is 6.99. The summed E-state index contributed by atoms with van der Waals surface area (Å²) < 4.78 is 11.1. The summed E-state index contributed by atoms with van der Waals surface area (Å²) >= 11 is 0. The number of carbonyl (C=O) groups is 1. The van der Waals surface area contributed by atoms with Crippen LogP contribution in [0, 0.1) is 5.92 Å². The van der Waals surface area contributed by atoms with Crippen LogP contribution in [0.3, 0.4) is 0 Å². The van der Waals surface area contributed by atoms with Crippen LogP contribution in [0.2, 0.25) is 0 Å². The number of H-pyrrole nitrogens is 1. The van der Waals surface area contributed by atoms with Crippen molar-refractivity contribution in [2.24, 2.45) is 5.92 Å². The van der Waals surface area contributed by atoms with Gasteiger partial charge < -0.3 is 24.7 Å². The minimum Gasteiger partial charge on any atom is -0.486 e. The monoisotopic (exact) mass is 380 g/mol. The van der Waals surface area contributed by atoms with Crippen molar-refractivity contribution >= 4 is 28.6 Å². The van der Waals surface area contributed by atoms with Gasteiger partial charge in [0.1, 0.15) is 25.1 Å². The fourth-order valence-corrected chi connectivity index (χ4v) is 3.71. The lowest BCUT2D eigenvalue weighted by Gasteiger charge is -2.32. The number of aromatic nitrogens is 4. The van der Waals surface area contributed by atoms with Crippen LogP contribution < -0.4 is 19.7 Å². The minimum absolute atomic E-state index is 0.0331. The predicted octanol–water partition coefficient (Wildman–Crippen LogP) is 1.98. The van der Waals surface area contributed by atoms with Gasteiger partial charge in [-0.3, -0.25) is 4.79 Å². The van der Waals surface area contributed by atoms with Crippen molar-refractivity contribution < 1.29 is 14.3 Å². The fourth-order valence-electron chi connectivity index (χ4n) is 3.71. The first-order chi connectivity index (χ1) is 13.8. The van der Waals surface area contributed by atoms with E-state index in [2.05, 4.69) is 30.2 Å². The highest BCUT2D eigenvalue weighted by atomic mass is 16.6. The summed E-state index contributed by atoms with van der Waals surface area (Å²) in [5.74, 6) is 2.22. The summed E-state index contributed by atoms with van der Waals surface area (Å²) in [5, 5.41) is 3.01. The minimum atomic E-state index is -0.0384. The highest BCUT2D eigenvalue weighted by Gasteiger charge is 2.27. The number of nitrogens with zero attached hydrogens (tertiary/aromatic N) is 4. The molecule has 9 heteroatoms. The van der Waals surface area contributed by atoms with Gasteiger partial charge in [0.2, 0.25) is 5.91 Å². The van der Waals surface area contributed by atoms with E-state index in [1.807, 2.05) is 18.2 Å². The summed E-state index contributed by atoms with van der Waals surface area (Å²) in [6.45, 7) is 2.58. The van der Waals surface area contributed by atoms with Crippen molar-refractivity contribution in [2.45, 2.75) is 12.8 Å². The van der Waals surface area contributed by atoms with Gasteiger partial charge in [-0.1, -0.05) is 0 Å². The Bertz CT molecular complexity index is 1010. The Kier molecular flexibility index (Phi) is 4.19. The van der Waals surface area contributed by atoms with Crippen molar-refractivity contribution in [2.75, 3.05) is 36.5 Å². The molecule has 2 aliphatic rings. The summed E-state index contributed by atoms with van der Waals surface area (Å²) in [5.41, 5.74) is 2.22. The second-order valence-corrected chi connectivity index (χ2v) is 6.91. The highest BCUT2D eigenvalue weighted by Crippen LogP contribution is 2.33. The first-order valence-electron chi connectivity index (χ1n) is 9.37. The Morgan fingerprint density at radius 2 is 1.93 bits per heavy atom. The summed E-state index contributed by atoms with van der Waals surface area (Å²) in [7, 11) is 0. The molecule has 0 unspecified atom stereocenters. The van der Waals surface area contributed by atoms with Crippen LogP contribution in [0.4, 0.5) is 11.5 Å². The Labute approximate surface area is 161 Å². The van der Waals surface area contributed by atoms with Crippen molar-refractivity contribution in [3.8, 4) is 11.5 Å². The van der Waals surface area contributed by atoms with E-state index < -0.39 is 0 Å². The number of amides is 1. The fraction of sp³-hybridized carbons (Fsp3) is 0.368. The molecule has 3 aromatic rings. The van der Waals surface area contributed by atoms with Crippen LogP contribution in [0.5, 0.6) is 11.5 Å². The van der Waals surface area contributed by atoms with Crippen molar-refractivity contribution in [3.05, 3.63) is 30.9 Å². The molecule has 0 atom stereocenters. The van der Waals surface area contributed by atoms with Gasteiger partial charge >= 0.3 is 0 Å². The Balaban J connectivity index is 1.23. The van der Waals surface area contributed by atoms with Gasteiger partial charge in [0.05, 0.1) is 6.33 Å². The van der Waals surface area contributed by atoms with Crippen LogP contribution in [0.15, 0.2) is 30.9 Å². The summed E-state index contributed by atoms with van der Waals surface area (Å²) in [6.07, 6.45) is 4.67. The largest absolute Gasteiger partial charge is 0.486 e. The van der Waals surface area contributed by atoms with E-state index in [9.17, 15) is 4.79 Å². The number of hydrogen-bond donors (Lipinski definition) is 2. The Morgan fingerprint density at radius 1 is 1.11 bits per heavy atom. The molecular formula is C19H20N6O3. The number of fused-ring (bicyclic) bond motifs is 2. The molecule has 2 aromatic heterocycles. The topological polar surface area (TPSA) is 105 Å². The molecule has 5 rings (SSSR count). The number of benzene rings is 1. The molecule has 0 bridgehead atoms. The smallest absolute Gasteiger partial charge is 0.227 e. The molecule has 1 saturated heterocycles. The number of carbonyl (C=O) groups excluding carboxylic acids is 1. The lowest BCUT2D eigenvalue weighted by atomic mass is 9.95. The molecule has 0 spiro atoms. The van der Waals surface area contributed by atoms with Gasteiger partial charge in [-0.25, -0.2) is 15.0 Å².